The number of ether oxygens (including phenoxy) is 1. The smallest absolute Gasteiger partial charge is 0.254 e. The molecular formula is C25H29FN4O2. The highest BCUT2D eigenvalue weighted by atomic mass is 19.1. The Balaban J connectivity index is 1.55. The number of hydrogen-bond acceptors (Lipinski definition) is 4. The lowest BCUT2D eigenvalue weighted by molar-refractivity contribution is 0.0922. The Labute approximate surface area is 188 Å². The van der Waals surface area contributed by atoms with Crippen molar-refractivity contribution >= 4 is 5.91 Å². The number of amides is 1. The normalized spacial score (nSPS) is 15.3. The summed E-state index contributed by atoms with van der Waals surface area (Å²) in [6.45, 7) is 4.20. The third kappa shape index (κ3) is 4.53. The Morgan fingerprint density at radius 3 is 2.59 bits per heavy atom. The van der Waals surface area contributed by atoms with Crippen molar-refractivity contribution in [3.05, 3.63) is 77.4 Å². The van der Waals surface area contributed by atoms with E-state index in [1.165, 1.54) is 23.4 Å². The van der Waals surface area contributed by atoms with Crippen molar-refractivity contribution in [1.29, 1.82) is 0 Å². The van der Waals surface area contributed by atoms with E-state index in [9.17, 15) is 9.18 Å². The fourth-order valence-corrected chi connectivity index (χ4v) is 4.39. The summed E-state index contributed by atoms with van der Waals surface area (Å²) >= 11 is 0. The average Bonchev–Trinajstić information content (AvgIpc) is 3.21. The van der Waals surface area contributed by atoms with Crippen LogP contribution in [0, 0.1) is 12.7 Å². The van der Waals surface area contributed by atoms with E-state index in [1.807, 2.05) is 18.2 Å². The Bertz CT molecular complexity index is 1080. The van der Waals surface area contributed by atoms with Crippen LogP contribution in [0.25, 0.3) is 5.69 Å². The number of carbonyl (C=O) groups is 1. The fraction of sp³-hybridized carbons (Fsp3) is 0.360. The summed E-state index contributed by atoms with van der Waals surface area (Å²) in [7, 11) is 1.67. The molecule has 1 atom stereocenters. The molecule has 168 valence electrons. The Morgan fingerprint density at radius 2 is 1.84 bits per heavy atom. The third-order valence-corrected chi connectivity index (χ3v) is 6.12. The predicted octanol–water partition coefficient (Wildman–Crippen LogP) is 4.29. The topological polar surface area (TPSA) is 59.4 Å². The van der Waals surface area contributed by atoms with Crippen molar-refractivity contribution in [2.45, 2.75) is 32.2 Å². The number of benzene rings is 2. The van der Waals surface area contributed by atoms with Crippen LogP contribution in [0.4, 0.5) is 4.39 Å². The Kier molecular flexibility index (Phi) is 6.85. The van der Waals surface area contributed by atoms with Gasteiger partial charge in [0, 0.05) is 12.1 Å². The van der Waals surface area contributed by atoms with Gasteiger partial charge in [-0.1, -0.05) is 36.8 Å². The van der Waals surface area contributed by atoms with Crippen LogP contribution in [0.15, 0.2) is 54.7 Å². The van der Waals surface area contributed by atoms with Crippen LogP contribution in [0.5, 0.6) is 5.75 Å². The van der Waals surface area contributed by atoms with E-state index in [4.69, 9.17) is 4.74 Å². The van der Waals surface area contributed by atoms with Crippen LogP contribution in [-0.4, -0.2) is 47.3 Å². The molecule has 0 saturated carbocycles. The van der Waals surface area contributed by atoms with Gasteiger partial charge >= 0.3 is 0 Å². The predicted molar refractivity (Wildman–Crippen MR) is 122 cm³/mol. The number of piperidine rings is 1. The van der Waals surface area contributed by atoms with E-state index in [-0.39, 0.29) is 17.8 Å². The van der Waals surface area contributed by atoms with Gasteiger partial charge in [-0.25, -0.2) is 9.07 Å². The molecule has 2 heterocycles. The van der Waals surface area contributed by atoms with E-state index >= 15 is 0 Å². The van der Waals surface area contributed by atoms with Gasteiger partial charge < -0.3 is 10.1 Å². The Hall–Kier alpha value is -3.19. The van der Waals surface area contributed by atoms with Crippen molar-refractivity contribution in [3.8, 4) is 11.4 Å². The number of carbonyl (C=O) groups excluding carboxylic acids is 1. The number of nitrogens with zero attached hydrogens (tertiary/aromatic N) is 3. The van der Waals surface area contributed by atoms with Gasteiger partial charge in [-0.15, -0.1) is 0 Å². The van der Waals surface area contributed by atoms with Crippen LogP contribution >= 0.6 is 0 Å². The number of nitrogens with one attached hydrogen (secondary N) is 1. The molecule has 0 bridgehead atoms. The average molecular weight is 437 g/mol. The number of methoxy groups -OCH3 is 1. The highest BCUT2D eigenvalue weighted by molar-refractivity contribution is 5.95. The monoisotopic (exact) mass is 436 g/mol. The number of hydrogen-bond donors (Lipinski definition) is 1. The van der Waals surface area contributed by atoms with E-state index in [2.05, 4.69) is 21.4 Å². The van der Waals surface area contributed by atoms with Gasteiger partial charge in [-0.3, -0.25) is 9.69 Å². The fourth-order valence-electron chi connectivity index (χ4n) is 4.39. The van der Waals surface area contributed by atoms with Gasteiger partial charge in [-0.05, 0) is 51.1 Å². The minimum atomic E-state index is -0.382. The lowest BCUT2D eigenvalue weighted by Crippen LogP contribution is -2.40. The second kappa shape index (κ2) is 9.96. The van der Waals surface area contributed by atoms with E-state index in [1.54, 1.807) is 32.2 Å². The molecule has 1 N–H and O–H groups in total. The van der Waals surface area contributed by atoms with Crippen LogP contribution in [0.3, 0.4) is 0 Å². The molecule has 32 heavy (non-hydrogen) atoms. The van der Waals surface area contributed by atoms with E-state index in [0.29, 0.717) is 23.5 Å². The summed E-state index contributed by atoms with van der Waals surface area (Å²) in [5.74, 6) is 0.217. The molecule has 3 aromatic rings. The van der Waals surface area contributed by atoms with Gasteiger partial charge in [0.2, 0.25) is 0 Å². The molecule has 1 aliphatic rings. The largest absolute Gasteiger partial charge is 0.496 e. The quantitative estimate of drug-likeness (QED) is 0.600. The highest BCUT2D eigenvalue weighted by Gasteiger charge is 2.26. The van der Waals surface area contributed by atoms with Gasteiger partial charge in [-0.2, -0.15) is 5.10 Å². The summed E-state index contributed by atoms with van der Waals surface area (Å²) in [5, 5.41) is 7.34. The number of likely N-dealkylation sites (tertiary alicyclic amines) is 1. The van der Waals surface area contributed by atoms with Crippen molar-refractivity contribution in [2.75, 3.05) is 26.7 Å². The SMILES string of the molecule is COc1ccccc1C(CNC(=O)c1cnn(-c2ccccc2F)c1C)N1CCCCC1. The van der Waals surface area contributed by atoms with Crippen LogP contribution in [-0.2, 0) is 0 Å². The van der Waals surface area contributed by atoms with Crippen molar-refractivity contribution in [3.63, 3.8) is 0 Å². The first-order valence-electron chi connectivity index (χ1n) is 11.0. The van der Waals surface area contributed by atoms with E-state index in [0.717, 1.165) is 37.2 Å². The maximum Gasteiger partial charge on any atom is 0.254 e. The molecule has 1 fully saturated rings. The third-order valence-electron chi connectivity index (χ3n) is 6.12. The second-order valence-electron chi connectivity index (χ2n) is 8.07. The molecule has 7 heteroatoms. The molecule has 6 nitrogen and oxygen atoms in total. The zero-order chi connectivity index (χ0) is 22.5. The summed E-state index contributed by atoms with van der Waals surface area (Å²) in [6.07, 6.45) is 5.02. The molecule has 1 saturated heterocycles. The molecule has 1 amide bonds. The standard InChI is InChI=1S/C25H29FN4O2/c1-18-20(16-28-30(18)22-12-6-5-11-21(22)26)25(31)27-17-23(29-14-8-3-9-15-29)19-10-4-7-13-24(19)32-2/h4-7,10-13,16,23H,3,8-9,14-15,17H2,1-2H3,(H,27,31). The first-order valence-corrected chi connectivity index (χ1v) is 11.0. The number of aromatic nitrogens is 2. The van der Waals surface area contributed by atoms with Crippen LogP contribution < -0.4 is 10.1 Å². The van der Waals surface area contributed by atoms with Gasteiger partial charge in [0.1, 0.15) is 17.3 Å². The maximum atomic E-state index is 14.2. The van der Waals surface area contributed by atoms with Crippen LogP contribution in [0.1, 0.15) is 46.9 Å². The molecule has 1 unspecified atom stereocenters. The van der Waals surface area contributed by atoms with Gasteiger partial charge in [0.15, 0.2) is 0 Å². The lowest BCUT2D eigenvalue weighted by atomic mass is 10.0. The van der Waals surface area contributed by atoms with Gasteiger partial charge in [0.05, 0.1) is 30.6 Å². The molecule has 2 aromatic carbocycles. The van der Waals surface area contributed by atoms with Crippen LogP contribution in [0.2, 0.25) is 0 Å². The highest BCUT2D eigenvalue weighted by Crippen LogP contribution is 2.31. The summed E-state index contributed by atoms with van der Waals surface area (Å²) in [6, 6.07) is 14.4. The summed E-state index contributed by atoms with van der Waals surface area (Å²) in [5.41, 5.74) is 2.42. The first-order chi connectivity index (χ1) is 15.6. The molecule has 0 radical (unpaired) electrons. The molecule has 4 rings (SSSR count). The molecule has 0 aliphatic carbocycles. The van der Waals surface area contributed by atoms with E-state index < -0.39 is 0 Å². The number of halogens is 1. The minimum Gasteiger partial charge on any atom is -0.496 e. The molecule has 0 spiro atoms. The van der Waals surface area contributed by atoms with Crippen molar-refractivity contribution in [1.82, 2.24) is 20.0 Å². The van der Waals surface area contributed by atoms with Gasteiger partial charge in [0.25, 0.3) is 5.91 Å². The second-order valence-corrected chi connectivity index (χ2v) is 8.07. The summed E-state index contributed by atoms with van der Waals surface area (Å²) < 4.78 is 21.3. The Morgan fingerprint density at radius 1 is 1.12 bits per heavy atom. The maximum absolute atomic E-state index is 14.2. The molecular weight excluding hydrogens is 407 g/mol. The summed E-state index contributed by atoms with van der Waals surface area (Å²) in [4.78, 5) is 15.5. The molecule has 1 aliphatic heterocycles. The first kappa shape index (κ1) is 22.0. The lowest BCUT2D eigenvalue weighted by Gasteiger charge is -2.35. The number of rotatable bonds is 7. The van der Waals surface area contributed by atoms with Crippen molar-refractivity contribution < 1.29 is 13.9 Å². The molecule has 1 aromatic heterocycles. The zero-order valence-corrected chi connectivity index (χ0v) is 18.6. The van der Waals surface area contributed by atoms with Crippen molar-refractivity contribution in [2.24, 2.45) is 0 Å². The zero-order valence-electron chi connectivity index (χ0n) is 18.6. The minimum absolute atomic E-state index is 0.0114. The number of para-hydroxylation sites is 2.